The molecule has 0 bridgehead atoms. The Bertz CT molecular complexity index is 1030. The number of hydrogen-bond donors (Lipinski definition) is 0. The molecule has 0 radical (unpaired) electrons. The van der Waals surface area contributed by atoms with Gasteiger partial charge in [0.15, 0.2) is 6.20 Å². The minimum atomic E-state index is -0.0235. The van der Waals surface area contributed by atoms with E-state index >= 15 is 0 Å². The molecule has 0 fully saturated rings. The third kappa shape index (κ3) is 2.51. The highest BCUT2D eigenvalue weighted by Crippen LogP contribution is 2.52. The third-order valence-corrected chi connectivity index (χ3v) is 6.92. The van der Waals surface area contributed by atoms with Crippen LogP contribution in [-0.2, 0) is 12.5 Å². The van der Waals surface area contributed by atoms with Crippen LogP contribution in [0.15, 0.2) is 58.5 Å². The fourth-order valence-corrected chi connectivity index (χ4v) is 5.59. The zero-order valence-electron chi connectivity index (χ0n) is 16.5. The topological polar surface area (TPSA) is 3.88 Å². The summed E-state index contributed by atoms with van der Waals surface area (Å²) in [6.45, 7) is 11.4. The largest absolute Gasteiger partial charge is 0.213 e. The lowest BCUT2D eigenvalue weighted by Crippen LogP contribution is -2.34. The molecule has 2 heteroatoms. The molecular weight excluding hydrogens is 334 g/mol. The number of aryl methyl sites for hydroxylation is 4. The van der Waals surface area contributed by atoms with Gasteiger partial charge in [0.2, 0.25) is 5.69 Å². The van der Waals surface area contributed by atoms with E-state index in [9.17, 15) is 0 Å². The van der Waals surface area contributed by atoms with Crippen LogP contribution >= 0.6 is 11.8 Å². The summed E-state index contributed by atoms with van der Waals surface area (Å²) in [6, 6.07) is 15.8. The molecule has 2 aromatic carbocycles. The summed E-state index contributed by atoms with van der Waals surface area (Å²) in [7, 11) is 2.16. The zero-order chi connectivity index (χ0) is 18.6. The maximum Gasteiger partial charge on any atom is 0.213 e. The number of fused-ring (bicyclic) bond motifs is 2. The highest BCUT2D eigenvalue weighted by Gasteiger charge is 2.37. The molecule has 0 spiro atoms. The summed E-state index contributed by atoms with van der Waals surface area (Å²) >= 11 is 1.91. The molecule has 0 saturated carbocycles. The van der Waals surface area contributed by atoms with Crippen molar-refractivity contribution in [3.05, 3.63) is 76.5 Å². The van der Waals surface area contributed by atoms with E-state index in [1.165, 1.54) is 48.9 Å². The molecule has 1 aromatic heterocycles. The summed E-state index contributed by atoms with van der Waals surface area (Å²) in [5, 5.41) is 0. The van der Waals surface area contributed by atoms with Gasteiger partial charge in [-0.25, -0.2) is 4.57 Å². The molecule has 132 valence electrons. The normalized spacial score (nSPS) is 14.7. The van der Waals surface area contributed by atoms with Crippen molar-refractivity contribution in [2.24, 2.45) is 7.05 Å². The Morgan fingerprint density at radius 2 is 1.58 bits per heavy atom. The molecule has 1 aliphatic heterocycles. The molecule has 1 nitrogen and oxygen atoms in total. The fourth-order valence-electron chi connectivity index (χ4n) is 4.18. The fraction of sp³-hybridized carbons (Fsp3) is 0.292. The average Bonchev–Trinajstić information content (AvgIpc) is 2.59. The standard InChI is InChI=1S/C24H26NS/c1-15-11-12-21-23(22(15)19-13-16(2)17(3)14-25(19)6)24(4,5)18-9-7-8-10-20(18)26-21/h7-14H,1-6H3/q+1. The van der Waals surface area contributed by atoms with Crippen molar-refractivity contribution in [3.8, 4) is 11.3 Å². The first-order valence-corrected chi connectivity index (χ1v) is 10.0. The van der Waals surface area contributed by atoms with Crippen LogP contribution in [0.4, 0.5) is 0 Å². The molecule has 0 atom stereocenters. The monoisotopic (exact) mass is 360 g/mol. The van der Waals surface area contributed by atoms with Gasteiger partial charge < -0.3 is 0 Å². The summed E-state index contributed by atoms with van der Waals surface area (Å²) in [4.78, 5) is 2.76. The number of nitrogens with zero attached hydrogens (tertiary/aromatic N) is 1. The maximum absolute atomic E-state index is 2.37. The molecule has 0 aliphatic carbocycles. The van der Waals surface area contributed by atoms with Crippen molar-refractivity contribution in [1.82, 2.24) is 0 Å². The summed E-state index contributed by atoms with van der Waals surface area (Å²) in [6.07, 6.45) is 2.25. The molecule has 2 heterocycles. The lowest BCUT2D eigenvalue weighted by molar-refractivity contribution is -0.660. The number of rotatable bonds is 1. The van der Waals surface area contributed by atoms with Crippen LogP contribution in [-0.4, -0.2) is 0 Å². The van der Waals surface area contributed by atoms with Gasteiger partial charge in [-0.1, -0.05) is 49.9 Å². The first kappa shape index (κ1) is 17.4. The van der Waals surface area contributed by atoms with Crippen LogP contribution in [0.3, 0.4) is 0 Å². The van der Waals surface area contributed by atoms with Gasteiger partial charge in [0.25, 0.3) is 0 Å². The highest BCUT2D eigenvalue weighted by atomic mass is 32.2. The third-order valence-electron chi connectivity index (χ3n) is 5.78. The second-order valence-corrected chi connectivity index (χ2v) is 9.07. The van der Waals surface area contributed by atoms with E-state index < -0.39 is 0 Å². The van der Waals surface area contributed by atoms with Gasteiger partial charge >= 0.3 is 0 Å². The second-order valence-electron chi connectivity index (χ2n) is 7.99. The van der Waals surface area contributed by atoms with Gasteiger partial charge in [-0.15, -0.1) is 0 Å². The van der Waals surface area contributed by atoms with Gasteiger partial charge in [0.1, 0.15) is 7.05 Å². The Balaban J connectivity index is 2.06. The minimum Gasteiger partial charge on any atom is -0.201 e. The van der Waals surface area contributed by atoms with E-state index in [1.54, 1.807) is 0 Å². The van der Waals surface area contributed by atoms with Crippen molar-refractivity contribution in [2.45, 2.75) is 49.8 Å². The minimum absolute atomic E-state index is 0.0235. The molecule has 4 rings (SSSR count). The van der Waals surface area contributed by atoms with Crippen LogP contribution in [0.1, 0.15) is 41.7 Å². The van der Waals surface area contributed by atoms with Crippen molar-refractivity contribution in [3.63, 3.8) is 0 Å². The van der Waals surface area contributed by atoms with Crippen molar-refractivity contribution in [1.29, 1.82) is 0 Å². The van der Waals surface area contributed by atoms with Gasteiger partial charge in [-0.3, -0.25) is 0 Å². The Morgan fingerprint density at radius 3 is 2.35 bits per heavy atom. The van der Waals surface area contributed by atoms with Crippen LogP contribution in [0.2, 0.25) is 0 Å². The lowest BCUT2D eigenvalue weighted by atomic mass is 9.74. The van der Waals surface area contributed by atoms with Crippen LogP contribution in [0.25, 0.3) is 11.3 Å². The van der Waals surface area contributed by atoms with Crippen LogP contribution < -0.4 is 4.57 Å². The molecular formula is C24H26NS+. The SMILES string of the molecule is Cc1cc(-c2c(C)ccc3c2C(C)(C)c2ccccc2S3)[n+](C)cc1C. The maximum atomic E-state index is 2.37. The van der Waals surface area contributed by atoms with Crippen molar-refractivity contribution < 1.29 is 4.57 Å². The number of aromatic nitrogens is 1. The van der Waals surface area contributed by atoms with E-state index in [0.717, 1.165) is 0 Å². The molecule has 3 aromatic rings. The Kier molecular flexibility index (Phi) is 4.00. The highest BCUT2D eigenvalue weighted by molar-refractivity contribution is 7.99. The van der Waals surface area contributed by atoms with Gasteiger partial charge in [-0.2, -0.15) is 0 Å². The van der Waals surface area contributed by atoms with Gasteiger partial charge in [0.05, 0.1) is 5.56 Å². The van der Waals surface area contributed by atoms with E-state index in [2.05, 4.69) is 94.9 Å². The predicted molar refractivity (Wildman–Crippen MR) is 110 cm³/mol. The Labute approximate surface area is 161 Å². The van der Waals surface area contributed by atoms with Crippen molar-refractivity contribution >= 4 is 11.8 Å². The molecule has 0 saturated heterocycles. The summed E-state index contributed by atoms with van der Waals surface area (Å²) in [5.74, 6) is 0. The van der Waals surface area contributed by atoms with Crippen LogP contribution in [0, 0.1) is 20.8 Å². The molecule has 26 heavy (non-hydrogen) atoms. The first-order chi connectivity index (χ1) is 12.3. The van der Waals surface area contributed by atoms with E-state index in [0.29, 0.717) is 0 Å². The van der Waals surface area contributed by atoms with E-state index in [1.807, 2.05) is 11.8 Å². The second kappa shape index (κ2) is 5.99. The number of benzene rings is 2. The van der Waals surface area contributed by atoms with Gasteiger partial charge in [-0.05, 0) is 55.2 Å². The number of pyridine rings is 1. The smallest absolute Gasteiger partial charge is 0.201 e. The molecule has 1 aliphatic rings. The van der Waals surface area contributed by atoms with E-state index in [-0.39, 0.29) is 5.41 Å². The van der Waals surface area contributed by atoms with Crippen LogP contribution in [0.5, 0.6) is 0 Å². The number of hydrogen-bond acceptors (Lipinski definition) is 1. The molecule has 0 N–H and O–H groups in total. The zero-order valence-corrected chi connectivity index (χ0v) is 17.3. The Hall–Kier alpha value is -2.06. The summed E-state index contributed by atoms with van der Waals surface area (Å²) < 4.78 is 2.28. The summed E-state index contributed by atoms with van der Waals surface area (Å²) in [5.41, 5.74) is 9.57. The van der Waals surface area contributed by atoms with Crippen molar-refractivity contribution in [2.75, 3.05) is 0 Å². The lowest BCUT2D eigenvalue weighted by Gasteiger charge is -2.36. The van der Waals surface area contributed by atoms with E-state index in [4.69, 9.17) is 0 Å². The average molecular weight is 361 g/mol. The predicted octanol–water partition coefficient (Wildman–Crippen LogP) is 5.89. The quantitative estimate of drug-likeness (QED) is 0.489. The Morgan fingerprint density at radius 1 is 0.846 bits per heavy atom. The molecule has 0 unspecified atom stereocenters. The first-order valence-electron chi connectivity index (χ1n) is 9.19. The molecule has 0 amide bonds. The van der Waals surface area contributed by atoms with Gasteiger partial charge in [0, 0.05) is 26.8 Å².